The van der Waals surface area contributed by atoms with Crippen LogP contribution in [0.3, 0.4) is 0 Å². The number of rotatable bonds is 5. The van der Waals surface area contributed by atoms with Crippen molar-refractivity contribution >= 4 is 21.8 Å². The lowest BCUT2D eigenvalue weighted by Gasteiger charge is -2.17. The predicted molar refractivity (Wildman–Crippen MR) is 65.6 cm³/mol. The van der Waals surface area contributed by atoms with Gasteiger partial charge in [-0.15, -0.1) is 0 Å². The van der Waals surface area contributed by atoms with Gasteiger partial charge >= 0.3 is 0 Å². The van der Waals surface area contributed by atoms with Gasteiger partial charge in [0, 0.05) is 5.92 Å². The van der Waals surface area contributed by atoms with E-state index in [0.717, 1.165) is 0 Å². The smallest absolute Gasteiger partial charge is 0.267 e. The second-order valence-corrected chi connectivity index (χ2v) is 6.42. The third kappa shape index (κ3) is 3.78. The SMILES string of the molecule is CC[C@H](NC(=O)C1CCC(S(=O)(=O)O)C1)C(C)=O. The standard InChI is InChI=1S/C11H19NO5S/c1-3-10(7(2)13)12-11(14)8-4-5-9(6-8)18(15,16)17/h8-10H,3-6H2,1-2H3,(H,12,14)(H,15,16,17)/t8?,9?,10-/m0/s1. The van der Waals surface area contributed by atoms with Crippen LogP contribution in [-0.4, -0.2) is 36.0 Å². The summed E-state index contributed by atoms with van der Waals surface area (Å²) in [5.41, 5.74) is 0. The van der Waals surface area contributed by atoms with Gasteiger partial charge in [0.05, 0.1) is 11.3 Å². The molecule has 1 aliphatic carbocycles. The fourth-order valence-corrected chi connectivity index (χ4v) is 3.14. The van der Waals surface area contributed by atoms with Crippen LogP contribution in [0.4, 0.5) is 0 Å². The number of nitrogens with one attached hydrogen (secondary N) is 1. The summed E-state index contributed by atoms with van der Waals surface area (Å²) in [7, 11) is -4.07. The highest BCUT2D eigenvalue weighted by Crippen LogP contribution is 2.30. The number of Topliss-reactive ketones (excluding diaryl/α,β-unsaturated/α-hetero) is 1. The van der Waals surface area contributed by atoms with Gasteiger partial charge in [-0.05, 0) is 32.6 Å². The molecule has 104 valence electrons. The molecule has 2 N–H and O–H groups in total. The average molecular weight is 277 g/mol. The molecule has 0 spiro atoms. The Morgan fingerprint density at radius 2 is 2.00 bits per heavy atom. The lowest BCUT2D eigenvalue weighted by molar-refractivity contribution is -0.129. The van der Waals surface area contributed by atoms with Crippen molar-refractivity contribution in [1.29, 1.82) is 0 Å². The molecule has 0 heterocycles. The Balaban J connectivity index is 2.58. The molecule has 1 rings (SSSR count). The Hall–Kier alpha value is -0.950. The lowest BCUT2D eigenvalue weighted by atomic mass is 10.1. The van der Waals surface area contributed by atoms with Crippen LogP contribution in [0.5, 0.6) is 0 Å². The maximum atomic E-state index is 11.9. The molecule has 0 aromatic rings. The van der Waals surface area contributed by atoms with E-state index in [1.54, 1.807) is 6.92 Å². The summed E-state index contributed by atoms with van der Waals surface area (Å²) < 4.78 is 30.8. The normalized spacial score (nSPS) is 25.7. The van der Waals surface area contributed by atoms with E-state index in [9.17, 15) is 18.0 Å². The molecule has 0 saturated heterocycles. The number of hydrogen-bond donors (Lipinski definition) is 2. The molecule has 1 fully saturated rings. The molecule has 3 atom stereocenters. The monoisotopic (exact) mass is 277 g/mol. The fraction of sp³-hybridized carbons (Fsp3) is 0.818. The van der Waals surface area contributed by atoms with Gasteiger partial charge in [-0.3, -0.25) is 14.1 Å². The van der Waals surface area contributed by atoms with Crippen molar-refractivity contribution in [2.75, 3.05) is 0 Å². The first-order valence-corrected chi connectivity index (χ1v) is 7.53. The van der Waals surface area contributed by atoms with Gasteiger partial charge in [0.25, 0.3) is 10.1 Å². The van der Waals surface area contributed by atoms with E-state index in [-0.39, 0.29) is 24.5 Å². The van der Waals surface area contributed by atoms with Gasteiger partial charge in [0.1, 0.15) is 0 Å². The van der Waals surface area contributed by atoms with E-state index in [1.807, 2.05) is 0 Å². The summed E-state index contributed by atoms with van der Waals surface area (Å²) in [6, 6.07) is -0.512. The first kappa shape index (κ1) is 15.1. The van der Waals surface area contributed by atoms with Crippen molar-refractivity contribution in [3.8, 4) is 0 Å². The van der Waals surface area contributed by atoms with Crippen LogP contribution in [-0.2, 0) is 19.7 Å². The van der Waals surface area contributed by atoms with Crippen LogP contribution >= 0.6 is 0 Å². The molecular formula is C11H19NO5S. The molecule has 0 aromatic heterocycles. The average Bonchev–Trinajstić information content (AvgIpc) is 2.73. The number of amides is 1. The Labute approximate surface area is 107 Å². The summed E-state index contributed by atoms with van der Waals surface area (Å²) in [5, 5.41) is 1.76. The zero-order valence-corrected chi connectivity index (χ0v) is 11.4. The molecular weight excluding hydrogens is 258 g/mol. The van der Waals surface area contributed by atoms with Crippen LogP contribution < -0.4 is 5.32 Å². The highest BCUT2D eigenvalue weighted by atomic mass is 32.2. The van der Waals surface area contributed by atoms with Gasteiger partial charge in [-0.25, -0.2) is 0 Å². The number of ketones is 1. The van der Waals surface area contributed by atoms with Crippen LogP contribution in [0.15, 0.2) is 0 Å². The van der Waals surface area contributed by atoms with Crippen LogP contribution in [0.1, 0.15) is 39.5 Å². The number of carbonyl (C=O) groups is 2. The first-order valence-electron chi connectivity index (χ1n) is 6.02. The van der Waals surface area contributed by atoms with E-state index in [0.29, 0.717) is 12.8 Å². The maximum absolute atomic E-state index is 11.9. The van der Waals surface area contributed by atoms with Crippen molar-refractivity contribution in [2.24, 2.45) is 5.92 Å². The molecule has 7 heteroatoms. The van der Waals surface area contributed by atoms with Crippen molar-refractivity contribution < 1.29 is 22.6 Å². The Morgan fingerprint density at radius 3 is 2.39 bits per heavy atom. The van der Waals surface area contributed by atoms with Crippen LogP contribution in [0, 0.1) is 5.92 Å². The largest absolute Gasteiger partial charge is 0.346 e. The first-order chi connectivity index (χ1) is 8.25. The molecule has 1 amide bonds. The van der Waals surface area contributed by atoms with E-state index in [4.69, 9.17) is 4.55 Å². The van der Waals surface area contributed by atoms with Crippen molar-refractivity contribution in [1.82, 2.24) is 5.32 Å². The molecule has 18 heavy (non-hydrogen) atoms. The van der Waals surface area contributed by atoms with Crippen LogP contribution in [0.25, 0.3) is 0 Å². The summed E-state index contributed by atoms with van der Waals surface area (Å²) >= 11 is 0. The van der Waals surface area contributed by atoms with E-state index < -0.39 is 27.3 Å². The third-order valence-electron chi connectivity index (χ3n) is 3.39. The highest BCUT2D eigenvalue weighted by Gasteiger charge is 2.37. The second kappa shape index (κ2) is 5.79. The zero-order valence-electron chi connectivity index (χ0n) is 10.5. The van der Waals surface area contributed by atoms with Gasteiger partial charge in [0.15, 0.2) is 5.78 Å². The molecule has 2 unspecified atom stereocenters. The molecule has 0 bridgehead atoms. The van der Waals surface area contributed by atoms with E-state index in [1.165, 1.54) is 6.92 Å². The number of hydrogen-bond acceptors (Lipinski definition) is 4. The third-order valence-corrected chi connectivity index (χ3v) is 4.66. The minimum Gasteiger partial charge on any atom is -0.346 e. The topological polar surface area (TPSA) is 101 Å². The van der Waals surface area contributed by atoms with Gasteiger partial charge in [-0.2, -0.15) is 8.42 Å². The van der Waals surface area contributed by atoms with Crippen molar-refractivity contribution in [3.05, 3.63) is 0 Å². The molecule has 6 nitrogen and oxygen atoms in total. The minimum atomic E-state index is -4.07. The summed E-state index contributed by atoms with van der Waals surface area (Å²) in [5.74, 6) is -0.858. The summed E-state index contributed by atoms with van der Waals surface area (Å²) in [6.45, 7) is 3.20. The summed E-state index contributed by atoms with van der Waals surface area (Å²) in [4.78, 5) is 23.1. The van der Waals surface area contributed by atoms with Crippen molar-refractivity contribution in [3.63, 3.8) is 0 Å². The highest BCUT2D eigenvalue weighted by molar-refractivity contribution is 7.86. The van der Waals surface area contributed by atoms with Gasteiger partial charge in [0.2, 0.25) is 5.91 Å². The molecule has 1 aliphatic rings. The lowest BCUT2D eigenvalue weighted by Crippen LogP contribution is -2.42. The fourth-order valence-electron chi connectivity index (χ4n) is 2.23. The second-order valence-electron chi connectivity index (χ2n) is 4.73. The van der Waals surface area contributed by atoms with E-state index in [2.05, 4.69) is 5.32 Å². The minimum absolute atomic E-state index is 0.116. The molecule has 0 radical (unpaired) electrons. The zero-order chi connectivity index (χ0) is 13.9. The van der Waals surface area contributed by atoms with Crippen molar-refractivity contribution in [2.45, 2.75) is 50.8 Å². The van der Waals surface area contributed by atoms with E-state index >= 15 is 0 Å². The van der Waals surface area contributed by atoms with Gasteiger partial charge < -0.3 is 5.32 Å². The molecule has 0 aliphatic heterocycles. The Morgan fingerprint density at radius 1 is 1.39 bits per heavy atom. The number of carbonyl (C=O) groups excluding carboxylic acids is 2. The predicted octanol–water partition coefficient (Wildman–Crippen LogP) is 0.527. The van der Waals surface area contributed by atoms with Gasteiger partial charge in [-0.1, -0.05) is 6.92 Å². The molecule has 1 saturated carbocycles. The maximum Gasteiger partial charge on any atom is 0.267 e. The Kier molecular flexibility index (Phi) is 4.86. The summed E-state index contributed by atoms with van der Waals surface area (Å²) in [6.07, 6.45) is 1.34. The quantitative estimate of drug-likeness (QED) is 0.714. The van der Waals surface area contributed by atoms with Crippen LogP contribution in [0.2, 0.25) is 0 Å². The Bertz CT molecular complexity index is 431. The molecule has 0 aromatic carbocycles.